The van der Waals surface area contributed by atoms with Crippen LogP contribution < -0.4 is 10.9 Å². The summed E-state index contributed by atoms with van der Waals surface area (Å²) in [5.41, 5.74) is 0.923. The van der Waals surface area contributed by atoms with Crippen LogP contribution in [-0.4, -0.2) is 28.6 Å². The van der Waals surface area contributed by atoms with Crippen molar-refractivity contribution in [2.45, 2.75) is 13.0 Å². The van der Waals surface area contributed by atoms with E-state index in [4.69, 9.17) is 5.11 Å². The molecule has 0 aliphatic carbocycles. The van der Waals surface area contributed by atoms with Gasteiger partial charge in [0.05, 0.1) is 6.61 Å². The molecule has 1 amide bonds. The van der Waals surface area contributed by atoms with Gasteiger partial charge in [-0.3, -0.25) is 9.59 Å². The molecule has 0 aliphatic rings. The van der Waals surface area contributed by atoms with Crippen LogP contribution in [0.1, 0.15) is 12.5 Å². The molecule has 1 atom stereocenters. The Kier molecular flexibility index (Phi) is 4.32. The van der Waals surface area contributed by atoms with Crippen LogP contribution in [-0.2, 0) is 4.79 Å². The molecule has 1 heterocycles. The lowest BCUT2D eigenvalue weighted by Gasteiger charge is -2.07. The van der Waals surface area contributed by atoms with Crippen LogP contribution in [0.25, 0.3) is 17.0 Å². The summed E-state index contributed by atoms with van der Waals surface area (Å²) < 4.78 is 0. The number of benzene rings is 1. The van der Waals surface area contributed by atoms with E-state index in [2.05, 4.69) is 10.3 Å². The standard InChI is InChI=1S/C15H16N2O3/c1-10(9-18)16-14(19)7-6-12-8-11-4-2-3-5-13(11)17-15(12)20/h2-8,10,18H,9H2,1H3,(H,16,19)(H,17,20)/b7-6+. The Labute approximate surface area is 115 Å². The van der Waals surface area contributed by atoms with Gasteiger partial charge in [-0.05, 0) is 30.5 Å². The molecule has 1 aromatic heterocycles. The average molecular weight is 272 g/mol. The smallest absolute Gasteiger partial charge is 0.255 e. The lowest BCUT2D eigenvalue weighted by atomic mass is 10.1. The van der Waals surface area contributed by atoms with Gasteiger partial charge in [0, 0.05) is 23.2 Å². The molecule has 0 radical (unpaired) electrons. The van der Waals surface area contributed by atoms with Crippen molar-refractivity contribution in [2.75, 3.05) is 6.61 Å². The SMILES string of the molecule is CC(CO)NC(=O)/C=C/c1cc2ccccc2[nH]c1=O. The van der Waals surface area contributed by atoms with E-state index in [1.165, 1.54) is 12.2 Å². The first-order valence-corrected chi connectivity index (χ1v) is 6.31. The van der Waals surface area contributed by atoms with Gasteiger partial charge in [0.2, 0.25) is 5.91 Å². The van der Waals surface area contributed by atoms with Crippen molar-refractivity contribution in [3.05, 3.63) is 52.3 Å². The molecule has 0 aliphatic heterocycles. The number of aliphatic hydroxyl groups excluding tert-OH is 1. The number of rotatable bonds is 4. The average Bonchev–Trinajstić information content (AvgIpc) is 2.44. The van der Waals surface area contributed by atoms with Crippen LogP contribution in [0.4, 0.5) is 0 Å². The zero-order valence-corrected chi connectivity index (χ0v) is 11.1. The molecule has 0 saturated carbocycles. The van der Waals surface area contributed by atoms with E-state index >= 15 is 0 Å². The Balaban J connectivity index is 2.23. The summed E-state index contributed by atoms with van der Waals surface area (Å²) in [4.78, 5) is 26.1. The normalized spacial score (nSPS) is 12.7. The van der Waals surface area contributed by atoms with Gasteiger partial charge in [0.15, 0.2) is 0 Å². The van der Waals surface area contributed by atoms with Gasteiger partial charge < -0.3 is 15.4 Å². The molecule has 3 N–H and O–H groups in total. The number of hydrogen-bond donors (Lipinski definition) is 3. The van der Waals surface area contributed by atoms with Crippen LogP contribution >= 0.6 is 0 Å². The fourth-order valence-corrected chi connectivity index (χ4v) is 1.79. The monoisotopic (exact) mass is 272 g/mol. The summed E-state index contributed by atoms with van der Waals surface area (Å²) in [6.45, 7) is 1.56. The molecule has 0 saturated heterocycles. The van der Waals surface area contributed by atoms with Gasteiger partial charge in [0.25, 0.3) is 5.56 Å². The molecule has 2 rings (SSSR count). The van der Waals surface area contributed by atoms with Crippen molar-refractivity contribution in [3.63, 3.8) is 0 Å². The first-order valence-electron chi connectivity index (χ1n) is 6.31. The summed E-state index contributed by atoms with van der Waals surface area (Å²) in [6, 6.07) is 8.84. The van der Waals surface area contributed by atoms with E-state index in [0.717, 1.165) is 10.9 Å². The summed E-state index contributed by atoms with van der Waals surface area (Å²) >= 11 is 0. The number of aliphatic hydroxyl groups is 1. The van der Waals surface area contributed by atoms with Gasteiger partial charge in [-0.1, -0.05) is 18.2 Å². The second kappa shape index (κ2) is 6.16. The summed E-state index contributed by atoms with van der Waals surface area (Å²) in [7, 11) is 0. The van der Waals surface area contributed by atoms with Crippen molar-refractivity contribution < 1.29 is 9.90 Å². The Morgan fingerprint density at radius 3 is 2.95 bits per heavy atom. The third kappa shape index (κ3) is 3.33. The number of aromatic amines is 1. The number of carbonyl (C=O) groups is 1. The Bertz CT molecular complexity index is 704. The fourth-order valence-electron chi connectivity index (χ4n) is 1.79. The minimum atomic E-state index is -0.348. The molecule has 1 unspecified atom stereocenters. The van der Waals surface area contributed by atoms with E-state index in [0.29, 0.717) is 5.56 Å². The highest BCUT2D eigenvalue weighted by Crippen LogP contribution is 2.10. The van der Waals surface area contributed by atoms with Crippen LogP contribution in [0.5, 0.6) is 0 Å². The first kappa shape index (κ1) is 14.0. The predicted octanol–water partition coefficient (Wildman–Crippen LogP) is 1.04. The lowest BCUT2D eigenvalue weighted by Crippen LogP contribution is -2.33. The van der Waals surface area contributed by atoms with E-state index < -0.39 is 0 Å². The highest BCUT2D eigenvalue weighted by atomic mass is 16.3. The van der Waals surface area contributed by atoms with Crippen molar-refractivity contribution in [2.24, 2.45) is 0 Å². The first-order chi connectivity index (χ1) is 9.60. The van der Waals surface area contributed by atoms with Gasteiger partial charge in [-0.15, -0.1) is 0 Å². The minimum Gasteiger partial charge on any atom is -0.394 e. The van der Waals surface area contributed by atoms with Crippen molar-refractivity contribution in [3.8, 4) is 0 Å². The zero-order chi connectivity index (χ0) is 14.5. The number of pyridine rings is 1. The van der Waals surface area contributed by atoms with Crippen LogP contribution in [0.2, 0.25) is 0 Å². The largest absolute Gasteiger partial charge is 0.394 e. The minimum absolute atomic E-state index is 0.129. The molecule has 5 nitrogen and oxygen atoms in total. The summed E-state index contributed by atoms with van der Waals surface area (Å²) in [6.07, 6.45) is 2.75. The fraction of sp³-hybridized carbons (Fsp3) is 0.200. The number of fused-ring (bicyclic) bond motifs is 1. The maximum atomic E-state index is 11.8. The van der Waals surface area contributed by atoms with Crippen LogP contribution in [0.3, 0.4) is 0 Å². The topological polar surface area (TPSA) is 82.2 Å². The second-order valence-electron chi connectivity index (χ2n) is 4.57. The molecule has 0 bridgehead atoms. The third-order valence-corrected chi connectivity index (χ3v) is 2.86. The number of amides is 1. The molecule has 0 spiro atoms. The van der Waals surface area contributed by atoms with E-state index in [1.54, 1.807) is 13.0 Å². The maximum Gasteiger partial charge on any atom is 0.255 e. The summed E-state index contributed by atoms with van der Waals surface area (Å²) in [5.74, 6) is -0.348. The maximum absolute atomic E-state index is 11.8. The van der Waals surface area contributed by atoms with Crippen molar-refractivity contribution in [1.82, 2.24) is 10.3 Å². The quantitative estimate of drug-likeness (QED) is 0.727. The highest BCUT2D eigenvalue weighted by Gasteiger charge is 2.03. The van der Waals surface area contributed by atoms with E-state index in [1.807, 2.05) is 24.3 Å². The molecule has 0 fully saturated rings. The lowest BCUT2D eigenvalue weighted by molar-refractivity contribution is -0.117. The number of para-hydroxylation sites is 1. The van der Waals surface area contributed by atoms with Gasteiger partial charge >= 0.3 is 0 Å². The zero-order valence-electron chi connectivity index (χ0n) is 11.1. The molecule has 104 valence electrons. The molecular formula is C15H16N2O3. The van der Waals surface area contributed by atoms with E-state index in [9.17, 15) is 9.59 Å². The van der Waals surface area contributed by atoms with Gasteiger partial charge in [-0.2, -0.15) is 0 Å². The number of carbonyl (C=O) groups excluding carboxylic acids is 1. The Hall–Kier alpha value is -2.40. The highest BCUT2D eigenvalue weighted by molar-refractivity contribution is 5.92. The van der Waals surface area contributed by atoms with E-state index in [-0.39, 0.29) is 24.1 Å². The van der Waals surface area contributed by atoms with Crippen molar-refractivity contribution in [1.29, 1.82) is 0 Å². The molecule has 1 aromatic carbocycles. The molecular weight excluding hydrogens is 256 g/mol. The predicted molar refractivity (Wildman–Crippen MR) is 78.3 cm³/mol. The molecule has 2 aromatic rings. The van der Waals surface area contributed by atoms with Crippen LogP contribution in [0, 0.1) is 0 Å². The Morgan fingerprint density at radius 1 is 1.45 bits per heavy atom. The second-order valence-corrected chi connectivity index (χ2v) is 4.57. The van der Waals surface area contributed by atoms with Gasteiger partial charge in [-0.25, -0.2) is 0 Å². The summed E-state index contributed by atoms with van der Waals surface area (Å²) in [5, 5.41) is 12.3. The van der Waals surface area contributed by atoms with Crippen LogP contribution in [0.15, 0.2) is 41.2 Å². The van der Waals surface area contributed by atoms with Gasteiger partial charge in [0.1, 0.15) is 0 Å². The third-order valence-electron chi connectivity index (χ3n) is 2.86. The number of H-pyrrole nitrogens is 1. The number of hydrogen-bond acceptors (Lipinski definition) is 3. The molecule has 5 heteroatoms. The Morgan fingerprint density at radius 2 is 2.20 bits per heavy atom. The number of nitrogens with one attached hydrogen (secondary N) is 2. The van der Waals surface area contributed by atoms with Crippen molar-refractivity contribution >= 4 is 22.9 Å². The molecule has 20 heavy (non-hydrogen) atoms. The number of aromatic nitrogens is 1.